The van der Waals surface area contributed by atoms with Crippen molar-refractivity contribution in [2.24, 2.45) is 0 Å². The number of hydrogen-bond acceptors (Lipinski definition) is 3. The molecule has 2 heterocycles. The Kier molecular flexibility index (Phi) is 3.95. The van der Waals surface area contributed by atoms with Gasteiger partial charge in [-0.2, -0.15) is 0 Å². The molecule has 0 spiro atoms. The molecule has 1 saturated heterocycles. The van der Waals surface area contributed by atoms with Crippen molar-refractivity contribution in [2.75, 3.05) is 6.54 Å². The lowest BCUT2D eigenvalue weighted by molar-refractivity contribution is -0.138. The van der Waals surface area contributed by atoms with Gasteiger partial charge in [-0.15, -0.1) is 0 Å². The van der Waals surface area contributed by atoms with E-state index in [4.69, 9.17) is 11.6 Å². The fourth-order valence-corrected chi connectivity index (χ4v) is 4.03. The van der Waals surface area contributed by atoms with E-state index in [1.54, 1.807) is 0 Å². The van der Waals surface area contributed by atoms with Crippen LogP contribution in [0.3, 0.4) is 0 Å². The second-order valence-electron chi connectivity index (χ2n) is 6.53. The first-order chi connectivity index (χ1) is 11.2. The first kappa shape index (κ1) is 14.9. The van der Waals surface area contributed by atoms with Gasteiger partial charge in [0.1, 0.15) is 0 Å². The van der Waals surface area contributed by atoms with Crippen LogP contribution in [0.1, 0.15) is 31.4 Å². The first-order valence-corrected chi connectivity index (χ1v) is 8.65. The number of piperazine rings is 1. The van der Waals surface area contributed by atoms with Crippen molar-refractivity contribution in [3.8, 4) is 0 Å². The van der Waals surface area contributed by atoms with Gasteiger partial charge in [-0.3, -0.25) is 9.78 Å². The molecule has 0 radical (unpaired) electrons. The van der Waals surface area contributed by atoms with Gasteiger partial charge in [0.2, 0.25) is 5.91 Å². The zero-order valence-corrected chi connectivity index (χ0v) is 13.7. The van der Waals surface area contributed by atoms with Crippen molar-refractivity contribution < 1.29 is 4.79 Å². The summed E-state index contributed by atoms with van der Waals surface area (Å²) < 4.78 is 0. The second kappa shape index (κ2) is 6.10. The summed E-state index contributed by atoms with van der Waals surface area (Å²) in [4.78, 5) is 19.0. The van der Waals surface area contributed by atoms with Gasteiger partial charge in [-0.1, -0.05) is 30.5 Å². The number of nitrogens with zero attached hydrogens (tertiary/aromatic N) is 2. The number of hydrogen-bond donors (Lipinski definition) is 1. The maximum Gasteiger partial charge on any atom is 0.237 e. The average molecular weight is 330 g/mol. The van der Waals surface area contributed by atoms with Gasteiger partial charge in [0.25, 0.3) is 0 Å². The van der Waals surface area contributed by atoms with E-state index >= 15 is 0 Å². The quantitative estimate of drug-likeness (QED) is 0.920. The Bertz CT molecular complexity index is 748. The Hall–Kier alpha value is -1.65. The Morgan fingerprint density at radius 1 is 1.22 bits per heavy atom. The molecule has 2 aromatic rings. The zero-order valence-electron chi connectivity index (χ0n) is 13.0. The zero-order chi connectivity index (χ0) is 15.8. The summed E-state index contributed by atoms with van der Waals surface area (Å²) in [6.45, 7) is 1.05. The fourth-order valence-electron chi connectivity index (χ4n) is 3.85. The summed E-state index contributed by atoms with van der Waals surface area (Å²) in [5, 5.41) is 6.26. The van der Waals surface area contributed by atoms with Crippen molar-refractivity contribution in [3.05, 3.63) is 41.2 Å². The van der Waals surface area contributed by atoms with Crippen molar-refractivity contribution >= 4 is 28.3 Å². The molecule has 2 unspecified atom stereocenters. The molecule has 1 saturated carbocycles. The third kappa shape index (κ3) is 2.93. The van der Waals surface area contributed by atoms with Crippen molar-refractivity contribution in [2.45, 2.75) is 44.3 Å². The van der Waals surface area contributed by atoms with E-state index in [0.717, 1.165) is 34.3 Å². The molecule has 120 valence electrons. The van der Waals surface area contributed by atoms with Gasteiger partial charge in [0.05, 0.1) is 18.8 Å². The van der Waals surface area contributed by atoms with Crippen LogP contribution in [0, 0.1) is 0 Å². The Balaban J connectivity index is 1.60. The molecule has 0 bridgehead atoms. The monoisotopic (exact) mass is 329 g/mol. The number of rotatable bonds is 2. The molecule has 4 rings (SSSR count). The maximum atomic E-state index is 12.4. The molecule has 5 heteroatoms. The lowest BCUT2D eigenvalue weighted by Gasteiger charge is -2.44. The fraction of sp³-hybridized carbons (Fsp3) is 0.444. The Morgan fingerprint density at radius 3 is 3.00 bits per heavy atom. The predicted octanol–water partition coefficient (Wildman–Crippen LogP) is 3.13. The minimum absolute atomic E-state index is 0.186. The number of pyridine rings is 1. The molecule has 1 aliphatic heterocycles. The number of aromatic nitrogens is 1. The minimum atomic E-state index is 0.186. The molecular weight excluding hydrogens is 310 g/mol. The molecule has 2 fully saturated rings. The van der Waals surface area contributed by atoms with E-state index < -0.39 is 0 Å². The number of amides is 1. The van der Waals surface area contributed by atoms with E-state index in [2.05, 4.69) is 16.4 Å². The SMILES string of the molecule is O=C1CNC2CCCCC2N1Cc1cc2ccc(Cl)cc2cn1. The topological polar surface area (TPSA) is 45.2 Å². The molecular formula is C18H20ClN3O. The first-order valence-electron chi connectivity index (χ1n) is 8.28. The molecule has 23 heavy (non-hydrogen) atoms. The highest BCUT2D eigenvalue weighted by molar-refractivity contribution is 6.31. The molecule has 1 aromatic heterocycles. The van der Waals surface area contributed by atoms with Gasteiger partial charge in [-0.25, -0.2) is 0 Å². The van der Waals surface area contributed by atoms with Gasteiger partial charge >= 0.3 is 0 Å². The van der Waals surface area contributed by atoms with E-state index in [1.807, 2.05) is 29.3 Å². The van der Waals surface area contributed by atoms with Gasteiger partial charge in [0.15, 0.2) is 0 Å². The highest BCUT2D eigenvalue weighted by Crippen LogP contribution is 2.27. The van der Waals surface area contributed by atoms with Crippen LogP contribution in [0.5, 0.6) is 0 Å². The molecule has 2 aliphatic rings. The van der Waals surface area contributed by atoms with Crippen molar-refractivity contribution in [1.82, 2.24) is 15.2 Å². The van der Waals surface area contributed by atoms with Crippen LogP contribution >= 0.6 is 11.6 Å². The van der Waals surface area contributed by atoms with Crippen LogP contribution in [-0.4, -0.2) is 34.4 Å². The molecule has 2 atom stereocenters. The number of carbonyl (C=O) groups excluding carboxylic acids is 1. The number of nitrogens with one attached hydrogen (secondary N) is 1. The summed E-state index contributed by atoms with van der Waals surface area (Å²) in [6, 6.07) is 8.64. The smallest absolute Gasteiger partial charge is 0.237 e. The molecule has 1 aliphatic carbocycles. The van der Waals surface area contributed by atoms with Crippen LogP contribution in [0.15, 0.2) is 30.5 Å². The highest BCUT2D eigenvalue weighted by atomic mass is 35.5. The predicted molar refractivity (Wildman–Crippen MR) is 91.3 cm³/mol. The van der Waals surface area contributed by atoms with E-state index in [-0.39, 0.29) is 5.91 Å². The van der Waals surface area contributed by atoms with E-state index in [1.165, 1.54) is 12.8 Å². The van der Waals surface area contributed by atoms with Crippen LogP contribution in [0.2, 0.25) is 5.02 Å². The summed E-state index contributed by atoms with van der Waals surface area (Å²) >= 11 is 6.02. The third-order valence-electron chi connectivity index (χ3n) is 5.04. The van der Waals surface area contributed by atoms with Crippen LogP contribution in [-0.2, 0) is 11.3 Å². The van der Waals surface area contributed by atoms with Crippen molar-refractivity contribution in [1.29, 1.82) is 0 Å². The maximum absolute atomic E-state index is 12.4. The van der Waals surface area contributed by atoms with Gasteiger partial charge < -0.3 is 10.2 Å². The normalized spacial score (nSPS) is 24.7. The summed E-state index contributed by atoms with van der Waals surface area (Å²) in [7, 11) is 0. The highest BCUT2D eigenvalue weighted by Gasteiger charge is 2.36. The lowest BCUT2D eigenvalue weighted by Crippen LogP contribution is -2.61. The average Bonchev–Trinajstić information content (AvgIpc) is 2.57. The standard InChI is InChI=1S/C18H20ClN3O/c19-14-6-5-12-8-15(20-9-13(12)7-14)11-22-17-4-2-1-3-16(17)21-10-18(22)23/h5-9,16-17,21H,1-4,10-11H2. The van der Waals surface area contributed by atoms with E-state index in [0.29, 0.717) is 25.2 Å². The van der Waals surface area contributed by atoms with Crippen LogP contribution < -0.4 is 5.32 Å². The minimum Gasteiger partial charge on any atom is -0.331 e. The summed E-state index contributed by atoms with van der Waals surface area (Å²) in [5.41, 5.74) is 0.944. The Morgan fingerprint density at radius 2 is 2.09 bits per heavy atom. The number of halogens is 1. The summed E-state index contributed by atoms with van der Waals surface area (Å²) in [6.07, 6.45) is 6.56. The number of carbonyl (C=O) groups is 1. The second-order valence-corrected chi connectivity index (χ2v) is 6.96. The third-order valence-corrected chi connectivity index (χ3v) is 5.27. The number of fused-ring (bicyclic) bond motifs is 2. The molecule has 4 nitrogen and oxygen atoms in total. The van der Waals surface area contributed by atoms with Gasteiger partial charge in [-0.05, 0) is 36.4 Å². The molecule has 1 amide bonds. The van der Waals surface area contributed by atoms with E-state index in [9.17, 15) is 4.79 Å². The van der Waals surface area contributed by atoms with Crippen LogP contribution in [0.4, 0.5) is 0 Å². The van der Waals surface area contributed by atoms with Gasteiger partial charge in [0, 0.05) is 28.7 Å². The molecule has 1 aromatic carbocycles. The number of benzene rings is 1. The Labute approximate surface area is 140 Å². The molecule has 1 N–H and O–H groups in total. The summed E-state index contributed by atoms with van der Waals surface area (Å²) in [5.74, 6) is 0.186. The largest absolute Gasteiger partial charge is 0.331 e. The van der Waals surface area contributed by atoms with Crippen molar-refractivity contribution in [3.63, 3.8) is 0 Å². The van der Waals surface area contributed by atoms with Crippen LogP contribution in [0.25, 0.3) is 10.8 Å². The lowest BCUT2D eigenvalue weighted by atomic mass is 9.87.